The van der Waals surface area contributed by atoms with Gasteiger partial charge < -0.3 is 10.4 Å². The van der Waals surface area contributed by atoms with Crippen LogP contribution in [0.25, 0.3) is 0 Å². The molecular formula is C13H18FNO2. The van der Waals surface area contributed by atoms with Gasteiger partial charge in [0.1, 0.15) is 5.82 Å². The van der Waals surface area contributed by atoms with E-state index in [1.165, 1.54) is 12.1 Å². The average molecular weight is 239 g/mol. The van der Waals surface area contributed by atoms with Gasteiger partial charge in [-0.1, -0.05) is 18.6 Å². The summed E-state index contributed by atoms with van der Waals surface area (Å²) in [4.78, 5) is 11.9. The van der Waals surface area contributed by atoms with E-state index in [9.17, 15) is 14.3 Å². The van der Waals surface area contributed by atoms with Gasteiger partial charge in [-0.3, -0.25) is 4.79 Å². The van der Waals surface area contributed by atoms with Gasteiger partial charge in [0.25, 0.3) is 5.91 Å². The van der Waals surface area contributed by atoms with Gasteiger partial charge in [-0.15, -0.1) is 0 Å². The summed E-state index contributed by atoms with van der Waals surface area (Å²) in [5, 5.41) is 11.8. The lowest BCUT2D eigenvalue weighted by Crippen LogP contribution is -2.48. The molecule has 94 valence electrons. The number of hydrogen-bond acceptors (Lipinski definition) is 2. The molecule has 1 rings (SSSR count). The van der Waals surface area contributed by atoms with Crippen molar-refractivity contribution in [3.8, 4) is 0 Å². The standard InChI is InChI=1S/C13H18FNO2/c1-4-13(3,8-16)15-12(17)10-7-9(2)5-6-11(10)14/h5-7,16H,4,8H2,1-3H3,(H,15,17). The highest BCUT2D eigenvalue weighted by Gasteiger charge is 2.25. The fourth-order valence-corrected chi connectivity index (χ4v) is 1.39. The largest absolute Gasteiger partial charge is 0.394 e. The van der Waals surface area contributed by atoms with Crippen LogP contribution in [0.2, 0.25) is 0 Å². The molecule has 0 spiro atoms. The third kappa shape index (κ3) is 3.27. The van der Waals surface area contributed by atoms with Gasteiger partial charge in [0.2, 0.25) is 0 Å². The Labute approximate surface area is 101 Å². The summed E-state index contributed by atoms with van der Waals surface area (Å²) in [5.41, 5.74) is 0.115. The lowest BCUT2D eigenvalue weighted by Gasteiger charge is -2.27. The number of hydrogen-bond donors (Lipinski definition) is 2. The summed E-state index contributed by atoms with van der Waals surface area (Å²) < 4.78 is 13.5. The van der Waals surface area contributed by atoms with Gasteiger partial charge in [0, 0.05) is 0 Å². The zero-order valence-electron chi connectivity index (χ0n) is 10.4. The molecular weight excluding hydrogens is 221 g/mol. The first kappa shape index (κ1) is 13.6. The molecule has 4 heteroatoms. The predicted molar refractivity (Wildman–Crippen MR) is 64.4 cm³/mol. The summed E-state index contributed by atoms with van der Waals surface area (Å²) in [7, 11) is 0. The molecule has 0 saturated heterocycles. The van der Waals surface area contributed by atoms with E-state index in [0.29, 0.717) is 6.42 Å². The minimum atomic E-state index is -0.715. The van der Waals surface area contributed by atoms with Gasteiger partial charge in [0.05, 0.1) is 17.7 Å². The second kappa shape index (κ2) is 5.27. The lowest BCUT2D eigenvalue weighted by atomic mass is 9.99. The molecule has 0 aliphatic rings. The fourth-order valence-electron chi connectivity index (χ4n) is 1.39. The first-order valence-electron chi connectivity index (χ1n) is 5.61. The Kier molecular flexibility index (Phi) is 4.23. The van der Waals surface area contributed by atoms with E-state index < -0.39 is 17.3 Å². The van der Waals surface area contributed by atoms with Crippen LogP contribution in [0.3, 0.4) is 0 Å². The van der Waals surface area contributed by atoms with Crippen molar-refractivity contribution in [2.24, 2.45) is 0 Å². The zero-order chi connectivity index (χ0) is 13.1. The van der Waals surface area contributed by atoms with Crippen molar-refractivity contribution in [3.05, 3.63) is 35.1 Å². The average Bonchev–Trinajstić information content (AvgIpc) is 2.32. The number of aliphatic hydroxyl groups excluding tert-OH is 1. The van der Waals surface area contributed by atoms with E-state index in [4.69, 9.17) is 0 Å². The molecule has 17 heavy (non-hydrogen) atoms. The van der Waals surface area contributed by atoms with Crippen LogP contribution in [0.15, 0.2) is 18.2 Å². The van der Waals surface area contributed by atoms with Crippen LogP contribution in [-0.2, 0) is 0 Å². The molecule has 0 aliphatic carbocycles. The minimum Gasteiger partial charge on any atom is -0.394 e. The first-order chi connectivity index (χ1) is 7.91. The van der Waals surface area contributed by atoms with Crippen molar-refractivity contribution in [3.63, 3.8) is 0 Å². The van der Waals surface area contributed by atoms with Crippen LogP contribution >= 0.6 is 0 Å². The zero-order valence-corrected chi connectivity index (χ0v) is 10.4. The van der Waals surface area contributed by atoms with Gasteiger partial charge >= 0.3 is 0 Å². The fraction of sp³-hybridized carbons (Fsp3) is 0.462. The summed E-state index contributed by atoms with van der Waals surface area (Å²) >= 11 is 0. The van der Waals surface area contributed by atoms with Crippen molar-refractivity contribution < 1.29 is 14.3 Å². The normalized spacial score (nSPS) is 14.2. The summed E-state index contributed by atoms with van der Waals surface area (Å²) in [6.45, 7) is 5.19. The lowest BCUT2D eigenvalue weighted by molar-refractivity contribution is 0.0843. The Morgan fingerprint density at radius 3 is 2.71 bits per heavy atom. The molecule has 0 aliphatic heterocycles. The van der Waals surface area contributed by atoms with Crippen molar-refractivity contribution in [1.82, 2.24) is 5.32 Å². The monoisotopic (exact) mass is 239 g/mol. The van der Waals surface area contributed by atoms with Crippen LogP contribution in [0, 0.1) is 12.7 Å². The van der Waals surface area contributed by atoms with Crippen molar-refractivity contribution in [1.29, 1.82) is 0 Å². The number of carbonyl (C=O) groups is 1. The molecule has 0 aromatic heterocycles. The molecule has 0 bridgehead atoms. The maximum atomic E-state index is 13.5. The smallest absolute Gasteiger partial charge is 0.254 e. The van der Waals surface area contributed by atoms with Gasteiger partial charge in [-0.2, -0.15) is 0 Å². The number of aliphatic hydroxyl groups is 1. The number of halogens is 1. The molecule has 2 N–H and O–H groups in total. The molecule has 1 unspecified atom stereocenters. The van der Waals surface area contributed by atoms with Crippen LogP contribution in [-0.4, -0.2) is 23.2 Å². The molecule has 0 fully saturated rings. The third-order valence-electron chi connectivity index (χ3n) is 2.91. The van der Waals surface area contributed by atoms with Crippen LogP contribution in [0.4, 0.5) is 4.39 Å². The van der Waals surface area contributed by atoms with Gasteiger partial charge in [-0.25, -0.2) is 4.39 Å². The first-order valence-corrected chi connectivity index (χ1v) is 5.61. The molecule has 1 amide bonds. The highest BCUT2D eigenvalue weighted by Crippen LogP contribution is 2.13. The van der Waals surface area contributed by atoms with E-state index in [2.05, 4.69) is 5.32 Å². The Bertz CT molecular complexity index is 414. The molecule has 1 atom stereocenters. The van der Waals surface area contributed by atoms with Gasteiger partial charge in [0.15, 0.2) is 0 Å². The number of aryl methyl sites for hydroxylation is 1. The number of nitrogens with one attached hydrogen (secondary N) is 1. The second-order valence-corrected chi connectivity index (χ2v) is 4.51. The SMILES string of the molecule is CCC(C)(CO)NC(=O)c1cc(C)ccc1F. The molecule has 0 heterocycles. The Morgan fingerprint density at radius 1 is 1.53 bits per heavy atom. The van der Waals surface area contributed by atoms with Crippen LogP contribution < -0.4 is 5.32 Å². The van der Waals surface area contributed by atoms with E-state index in [1.807, 2.05) is 6.92 Å². The topological polar surface area (TPSA) is 49.3 Å². The maximum Gasteiger partial charge on any atom is 0.254 e. The Balaban J connectivity index is 2.94. The summed E-state index contributed by atoms with van der Waals surface area (Å²) in [5.74, 6) is -1.05. The van der Waals surface area contributed by atoms with E-state index in [-0.39, 0.29) is 12.2 Å². The number of amides is 1. The Morgan fingerprint density at radius 2 is 2.18 bits per heavy atom. The molecule has 1 aromatic carbocycles. The maximum absolute atomic E-state index is 13.5. The van der Waals surface area contributed by atoms with E-state index in [1.54, 1.807) is 19.9 Å². The summed E-state index contributed by atoms with van der Waals surface area (Å²) in [6.07, 6.45) is 0.572. The van der Waals surface area contributed by atoms with E-state index >= 15 is 0 Å². The highest BCUT2D eigenvalue weighted by molar-refractivity contribution is 5.95. The number of benzene rings is 1. The van der Waals surface area contributed by atoms with Crippen molar-refractivity contribution in [2.45, 2.75) is 32.7 Å². The number of carbonyl (C=O) groups excluding carboxylic acids is 1. The second-order valence-electron chi connectivity index (χ2n) is 4.51. The van der Waals surface area contributed by atoms with Gasteiger partial charge in [-0.05, 0) is 32.4 Å². The van der Waals surface area contributed by atoms with Crippen LogP contribution in [0.5, 0.6) is 0 Å². The molecule has 1 aromatic rings. The molecule has 0 radical (unpaired) electrons. The quantitative estimate of drug-likeness (QED) is 0.844. The van der Waals surface area contributed by atoms with Crippen molar-refractivity contribution >= 4 is 5.91 Å². The van der Waals surface area contributed by atoms with E-state index in [0.717, 1.165) is 5.56 Å². The number of rotatable bonds is 4. The summed E-state index contributed by atoms with van der Waals surface area (Å²) in [6, 6.07) is 4.38. The van der Waals surface area contributed by atoms with Crippen molar-refractivity contribution in [2.75, 3.05) is 6.61 Å². The predicted octanol–water partition coefficient (Wildman–Crippen LogP) is 2.02. The Hall–Kier alpha value is -1.42. The molecule has 3 nitrogen and oxygen atoms in total. The highest BCUT2D eigenvalue weighted by atomic mass is 19.1. The molecule has 0 saturated carbocycles. The third-order valence-corrected chi connectivity index (χ3v) is 2.91. The van der Waals surface area contributed by atoms with Crippen LogP contribution in [0.1, 0.15) is 36.2 Å². The minimum absolute atomic E-state index is 0.0122.